The molecule has 0 aliphatic carbocycles. The first-order valence-corrected chi connectivity index (χ1v) is 5.53. The van der Waals surface area contributed by atoms with E-state index in [2.05, 4.69) is 20.9 Å². The molecule has 4 nitrogen and oxygen atoms in total. The summed E-state index contributed by atoms with van der Waals surface area (Å²) in [5, 5.41) is 9.27. The van der Waals surface area contributed by atoms with Crippen molar-refractivity contribution in [2.45, 2.75) is 6.10 Å². The third kappa shape index (κ3) is 2.14. The molecule has 0 aromatic carbocycles. The molecule has 0 saturated carbocycles. The van der Waals surface area contributed by atoms with Crippen LogP contribution in [0.5, 0.6) is 0 Å². The Bertz CT molecular complexity index is 407. The van der Waals surface area contributed by atoms with Gasteiger partial charge in [-0.2, -0.15) is 0 Å². The van der Waals surface area contributed by atoms with Gasteiger partial charge in [-0.3, -0.25) is 4.79 Å². The molecule has 1 N–H and O–H groups in total. The summed E-state index contributed by atoms with van der Waals surface area (Å²) in [7, 11) is 0. The average molecular weight is 292 g/mol. The molecule has 1 aromatic heterocycles. The van der Waals surface area contributed by atoms with Crippen LogP contribution >= 0.6 is 27.5 Å². The van der Waals surface area contributed by atoms with E-state index in [1.54, 1.807) is 6.07 Å². The first-order valence-electron chi connectivity index (χ1n) is 4.36. The van der Waals surface area contributed by atoms with Crippen molar-refractivity contribution in [3.05, 3.63) is 27.5 Å². The Balaban J connectivity index is 2.22. The zero-order valence-corrected chi connectivity index (χ0v) is 9.99. The minimum atomic E-state index is -0.409. The van der Waals surface area contributed by atoms with Crippen molar-refractivity contribution < 1.29 is 9.90 Å². The fraction of sp³-hybridized carbons (Fsp3) is 0.333. The third-order valence-electron chi connectivity index (χ3n) is 2.19. The second-order valence-corrected chi connectivity index (χ2v) is 4.63. The summed E-state index contributed by atoms with van der Waals surface area (Å²) in [5.41, 5.74) is 0.359. The van der Waals surface area contributed by atoms with Crippen molar-refractivity contribution in [3.63, 3.8) is 0 Å². The molecular weight excluding hydrogens is 283 g/mol. The molecule has 6 heteroatoms. The van der Waals surface area contributed by atoms with Crippen molar-refractivity contribution in [2.24, 2.45) is 0 Å². The van der Waals surface area contributed by atoms with Gasteiger partial charge < -0.3 is 10.0 Å². The van der Waals surface area contributed by atoms with Crippen molar-refractivity contribution in [1.82, 2.24) is 9.88 Å². The number of hydrogen-bond acceptors (Lipinski definition) is 3. The number of rotatable bonds is 1. The number of aliphatic hydroxyl groups is 1. The van der Waals surface area contributed by atoms with Crippen molar-refractivity contribution >= 4 is 33.4 Å². The molecule has 0 spiro atoms. The number of carbonyl (C=O) groups is 1. The number of aliphatic hydroxyl groups excluding tert-OH is 1. The number of likely N-dealkylation sites (tertiary alicyclic amines) is 1. The van der Waals surface area contributed by atoms with Gasteiger partial charge in [0.2, 0.25) is 0 Å². The molecular formula is C9H8BrClN2O2. The van der Waals surface area contributed by atoms with Crippen LogP contribution in [0, 0.1) is 0 Å². The molecule has 1 aliphatic rings. The van der Waals surface area contributed by atoms with Crippen LogP contribution < -0.4 is 0 Å². The van der Waals surface area contributed by atoms with Gasteiger partial charge in [0.05, 0.1) is 11.7 Å². The Labute approximate surface area is 100.0 Å². The van der Waals surface area contributed by atoms with Crippen LogP contribution in [0.3, 0.4) is 0 Å². The van der Waals surface area contributed by atoms with Crippen LogP contribution in [-0.2, 0) is 0 Å². The summed E-state index contributed by atoms with van der Waals surface area (Å²) in [6.07, 6.45) is 1.12. The molecule has 15 heavy (non-hydrogen) atoms. The molecule has 1 aromatic rings. The molecule has 80 valence electrons. The molecule has 0 radical (unpaired) electrons. The third-order valence-corrected chi connectivity index (χ3v) is 2.92. The number of amides is 1. The van der Waals surface area contributed by atoms with Crippen molar-refractivity contribution in [1.29, 1.82) is 0 Å². The van der Waals surface area contributed by atoms with E-state index < -0.39 is 6.10 Å². The molecule has 2 rings (SSSR count). The number of nitrogens with zero attached hydrogens (tertiary/aromatic N) is 2. The fourth-order valence-electron chi connectivity index (χ4n) is 1.36. The van der Waals surface area contributed by atoms with Crippen molar-refractivity contribution in [3.8, 4) is 0 Å². The summed E-state index contributed by atoms with van der Waals surface area (Å²) in [6, 6.07) is 1.63. The van der Waals surface area contributed by atoms with E-state index in [0.717, 1.165) is 0 Å². The van der Waals surface area contributed by atoms with Crippen LogP contribution in [0.15, 0.2) is 16.7 Å². The predicted molar refractivity (Wildman–Crippen MR) is 58.9 cm³/mol. The quantitative estimate of drug-likeness (QED) is 0.794. The van der Waals surface area contributed by atoms with Crippen LogP contribution in [0.25, 0.3) is 0 Å². The second-order valence-electron chi connectivity index (χ2n) is 3.36. The highest BCUT2D eigenvalue weighted by atomic mass is 79.9. The number of pyridine rings is 1. The highest BCUT2D eigenvalue weighted by Crippen LogP contribution is 2.21. The van der Waals surface area contributed by atoms with Crippen LogP contribution in [-0.4, -0.2) is 40.1 Å². The van der Waals surface area contributed by atoms with Crippen LogP contribution in [0.4, 0.5) is 0 Å². The first kappa shape index (κ1) is 10.9. The molecule has 0 atom stereocenters. The first-order chi connectivity index (χ1) is 7.08. The largest absolute Gasteiger partial charge is 0.389 e. The lowest BCUT2D eigenvalue weighted by Gasteiger charge is -2.35. The number of halogens is 2. The Kier molecular flexibility index (Phi) is 2.95. The number of β-amino-alcohol motifs (C(OH)–C–C–N with tert-alkyl or cyclic N) is 1. The Morgan fingerprint density at radius 3 is 2.93 bits per heavy atom. The molecule has 0 unspecified atom stereocenters. The van der Waals surface area contributed by atoms with Gasteiger partial charge in [0.1, 0.15) is 5.15 Å². The molecule has 1 saturated heterocycles. The summed E-state index contributed by atoms with van der Waals surface area (Å²) < 4.78 is 0.705. The van der Waals surface area contributed by atoms with Crippen molar-refractivity contribution in [2.75, 3.05) is 13.1 Å². The van der Waals surface area contributed by atoms with E-state index in [0.29, 0.717) is 23.1 Å². The van der Waals surface area contributed by atoms with Gasteiger partial charge in [0.15, 0.2) is 0 Å². The predicted octanol–water partition coefficient (Wildman–Crippen LogP) is 1.31. The fourth-order valence-corrected chi connectivity index (χ4v) is 1.88. The lowest BCUT2D eigenvalue weighted by molar-refractivity contribution is 0.00587. The topological polar surface area (TPSA) is 53.4 Å². The molecule has 1 amide bonds. The second kappa shape index (κ2) is 4.08. The summed E-state index contributed by atoms with van der Waals surface area (Å²) >= 11 is 9.03. The van der Waals surface area contributed by atoms with E-state index >= 15 is 0 Å². The van der Waals surface area contributed by atoms with E-state index in [9.17, 15) is 4.79 Å². The number of hydrogen-bond donors (Lipinski definition) is 1. The van der Waals surface area contributed by atoms with Gasteiger partial charge in [0, 0.05) is 23.8 Å². The van der Waals surface area contributed by atoms with Gasteiger partial charge in [-0.05, 0) is 22.0 Å². The smallest absolute Gasteiger partial charge is 0.257 e. The zero-order chi connectivity index (χ0) is 11.0. The minimum Gasteiger partial charge on any atom is -0.389 e. The Hall–Kier alpha value is -0.650. The monoisotopic (exact) mass is 290 g/mol. The minimum absolute atomic E-state index is 0.185. The normalized spacial score (nSPS) is 16.3. The van der Waals surface area contributed by atoms with E-state index in [1.165, 1.54) is 11.1 Å². The molecule has 1 aliphatic heterocycles. The highest BCUT2D eigenvalue weighted by molar-refractivity contribution is 9.10. The van der Waals surface area contributed by atoms with Gasteiger partial charge in [0.25, 0.3) is 5.91 Å². The molecule has 2 heterocycles. The standard InChI is InChI=1S/C9H8BrClN2O2/c10-5-1-7(8(11)12-2-5)9(15)13-3-6(14)4-13/h1-2,6,14H,3-4H2. The number of aromatic nitrogens is 1. The van der Waals surface area contributed by atoms with Crippen LogP contribution in [0.1, 0.15) is 10.4 Å². The maximum Gasteiger partial charge on any atom is 0.257 e. The van der Waals surface area contributed by atoms with Gasteiger partial charge >= 0.3 is 0 Å². The Morgan fingerprint density at radius 2 is 2.33 bits per heavy atom. The van der Waals surface area contributed by atoms with Crippen LogP contribution in [0.2, 0.25) is 5.15 Å². The highest BCUT2D eigenvalue weighted by Gasteiger charge is 2.30. The summed E-state index contributed by atoms with van der Waals surface area (Å²) in [5.74, 6) is -0.195. The maximum atomic E-state index is 11.8. The Morgan fingerprint density at radius 1 is 1.67 bits per heavy atom. The summed E-state index contributed by atoms with van der Waals surface area (Å²) in [6.45, 7) is 0.726. The lowest BCUT2D eigenvalue weighted by atomic mass is 10.1. The lowest BCUT2D eigenvalue weighted by Crippen LogP contribution is -2.53. The van der Waals surface area contributed by atoms with Gasteiger partial charge in [-0.1, -0.05) is 11.6 Å². The average Bonchev–Trinajstić information content (AvgIpc) is 2.16. The van der Waals surface area contributed by atoms with Gasteiger partial charge in [-0.25, -0.2) is 4.98 Å². The van der Waals surface area contributed by atoms with Gasteiger partial charge in [-0.15, -0.1) is 0 Å². The summed E-state index contributed by atoms with van der Waals surface area (Å²) in [4.78, 5) is 17.2. The zero-order valence-electron chi connectivity index (χ0n) is 7.65. The SMILES string of the molecule is O=C(c1cc(Br)cnc1Cl)N1CC(O)C1. The maximum absolute atomic E-state index is 11.8. The molecule has 0 bridgehead atoms. The van der Waals surface area contributed by atoms with E-state index in [-0.39, 0.29) is 11.1 Å². The van der Waals surface area contributed by atoms with E-state index in [4.69, 9.17) is 16.7 Å². The van der Waals surface area contributed by atoms with E-state index in [1.807, 2.05) is 0 Å². The number of carbonyl (C=O) groups excluding carboxylic acids is 1. The molecule has 1 fully saturated rings.